The van der Waals surface area contributed by atoms with Crippen molar-refractivity contribution < 1.29 is 24.6 Å². The van der Waals surface area contributed by atoms with Gasteiger partial charge in [-0.2, -0.15) is 0 Å². The lowest BCUT2D eigenvalue weighted by molar-refractivity contribution is -0.165. The zero-order valence-electron chi connectivity index (χ0n) is 10.2. The molecule has 1 aliphatic rings. The number of carbonyl (C=O) groups excluding carboxylic acids is 2. The molecule has 0 bridgehead atoms. The van der Waals surface area contributed by atoms with Crippen LogP contribution >= 0.6 is 0 Å². The molecule has 0 aliphatic carbocycles. The van der Waals surface area contributed by atoms with Gasteiger partial charge in [0.15, 0.2) is 5.60 Å². The smallest absolute Gasteiger partial charge is 0.337 e. The monoisotopic (exact) mass is 243 g/mol. The first-order valence-corrected chi connectivity index (χ1v) is 5.34. The molecule has 0 saturated carbocycles. The first kappa shape index (κ1) is 13.6. The molecule has 1 rings (SSSR count). The number of nitrogens with zero attached hydrogens (tertiary/aromatic N) is 1. The van der Waals surface area contributed by atoms with Gasteiger partial charge in [0.25, 0.3) is 0 Å². The molecule has 6 heteroatoms. The van der Waals surface area contributed by atoms with Crippen molar-refractivity contribution in [1.82, 2.24) is 4.90 Å². The number of imide groups is 1. The van der Waals surface area contributed by atoms with Gasteiger partial charge in [-0.05, 0) is 12.3 Å². The van der Waals surface area contributed by atoms with Gasteiger partial charge in [0.1, 0.15) is 0 Å². The molecule has 0 radical (unpaired) electrons. The van der Waals surface area contributed by atoms with E-state index in [9.17, 15) is 19.5 Å². The Morgan fingerprint density at radius 1 is 1.35 bits per heavy atom. The van der Waals surface area contributed by atoms with Crippen molar-refractivity contribution in [3.8, 4) is 0 Å². The topological polar surface area (TPSA) is 94.9 Å². The fraction of sp³-hybridized carbons (Fsp3) is 0.727. The molecule has 1 atom stereocenters. The Morgan fingerprint density at radius 3 is 2.12 bits per heavy atom. The van der Waals surface area contributed by atoms with Crippen LogP contribution in [0, 0.1) is 5.41 Å². The zero-order chi connectivity index (χ0) is 13.4. The van der Waals surface area contributed by atoms with E-state index in [2.05, 4.69) is 0 Å². The third-order valence-electron chi connectivity index (χ3n) is 2.79. The molecule has 1 fully saturated rings. The maximum Gasteiger partial charge on any atom is 0.337 e. The Kier molecular flexibility index (Phi) is 3.29. The molecule has 0 aromatic carbocycles. The zero-order valence-corrected chi connectivity index (χ0v) is 10.2. The minimum atomic E-state index is -2.10. The molecular weight excluding hydrogens is 226 g/mol. The van der Waals surface area contributed by atoms with Crippen LogP contribution in [0.2, 0.25) is 0 Å². The van der Waals surface area contributed by atoms with Crippen LogP contribution in [0.5, 0.6) is 0 Å². The Morgan fingerprint density at radius 2 is 1.76 bits per heavy atom. The van der Waals surface area contributed by atoms with Crippen molar-refractivity contribution in [2.24, 2.45) is 5.41 Å². The summed E-state index contributed by atoms with van der Waals surface area (Å²) < 4.78 is 0. The van der Waals surface area contributed by atoms with Gasteiger partial charge in [0.05, 0.1) is 6.54 Å². The first-order chi connectivity index (χ1) is 7.55. The minimum Gasteiger partial charge on any atom is -0.479 e. The quantitative estimate of drug-likeness (QED) is 0.680. The summed E-state index contributed by atoms with van der Waals surface area (Å²) in [6.07, 6.45) is 0.350. The van der Waals surface area contributed by atoms with Crippen molar-refractivity contribution in [3.05, 3.63) is 0 Å². The molecule has 2 amide bonds. The molecule has 17 heavy (non-hydrogen) atoms. The number of piperidine rings is 1. The van der Waals surface area contributed by atoms with Gasteiger partial charge in [-0.3, -0.25) is 14.5 Å². The van der Waals surface area contributed by atoms with E-state index in [1.54, 1.807) is 13.8 Å². The number of amides is 2. The second-order valence-corrected chi connectivity index (χ2v) is 5.47. The molecule has 96 valence electrons. The van der Waals surface area contributed by atoms with E-state index in [4.69, 9.17) is 5.11 Å². The fourth-order valence-corrected chi connectivity index (χ4v) is 1.76. The molecule has 1 unspecified atom stereocenters. The van der Waals surface area contributed by atoms with E-state index in [0.717, 1.165) is 11.8 Å². The molecule has 2 N–H and O–H groups in total. The fourth-order valence-electron chi connectivity index (χ4n) is 1.76. The summed E-state index contributed by atoms with van der Waals surface area (Å²) in [6.45, 7) is 4.16. The van der Waals surface area contributed by atoms with Gasteiger partial charge in [-0.15, -0.1) is 0 Å². The lowest BCUT2D eigenvalue weighted by atomic mass is 9.81. The average molecular weight is 243 g/mol. The molecule has 0 spiro atoms. The van der Waals surface area contributed by atoms with Gasteiger partial charge in [0.2, 0.25) is 11.8 Å². The van der Waals surface area contributed by atoms with Crippen LogP contribution in [0.25, 0.3) is 0 Å². The van der Waals surface area contributed by atoms with E-state index in [1.165, 1.54) is 0 Å². The SMILES string of the molecule is CC1(C)CC(=O)N(CC(C)(O)C(=O)O)C(=O)C1. The Bertz CT molecular complexity index is 352. The van der Waals surface area contributed by atoms with Gasteiger partial charge in [0, 0.05) is 12.8 Å². The van der Waals surface area contributed by atoms with Crippen molar-refractivity contribution in [1.29, 1.82) is 0 Å². The Hall–Kier alpha value is -1.43. The molecule has 0 aromatic heterocycles. The van der Waals surface area contributed by atoms with Gasteiger partial charge >= 0.3 is 5.97 Å². The van der Waals surface area contributed by atoms with E-state index in [0.29, 0.717) is 0 Å². The number of carboxylic acids is 1. The summed E-state index contributed by atoms with van der Waals surface area (Å²) in [4.78, 5) is 35.0. The van der Waals surface area contributed by atoms with Crippen LogP contribution in [0.1, 0.15) is 33.6 Å². The summed E-state index contributed by atoms with van der Waals surface area (Å²) in [5.74, 6) is -2.33. The molecule has 1 aliphatic heterocycles. The predicted molar refractivity (Wildman–Crippen MR) is 58.0 cm³/mol. The van der Waals surface area contributed by atoms with Crippen LogP contribution in [0.4, 0.5) is 0 Å². The second-order valence-electron chi connectivity index (χ2n) is 5.47. The van der Waals surface area contributed by atoms with Crippen LogP contribution in [0.15, 0.2) is 0 Å². The van der Waals surface area contributed by atoms with Crippen molar-refractivity contribution >= 4 is 17.8 Å². The number of aliphatic carboxylic acids is 1. The lowest BCUT2D eigenvalue weighted by Gasteiger charge is -2.36. The number of β-amino-alcohol motifs (C(OH)–C–C–N with tert-alkyl or cyclic N) is 1. The number of rotatable bonds is 3. The van der Waals surface area contributed by atoms with E-state index >= 15 is 0 Å². The number of carboxylic acid groups (broad SMARTS) is 1. The third-order valence-corrected chi connectivity index (χ3v) is 2.79. The molecule has 1 heterocycles. The van der Waals surface area contributed by atoms with Gasteiger partial charge < -0.3 is 10.2 Å². The summed E-state index contributed by atoms with van der Waals surface area (Å²) in [5.41, 5.74) is -2.51. The molecule has 6 nitrogen and oxygen atoms in total. The third kappa shape index (κ3) is 3.03. The molecule has 1 saturated heterocycles. The normalized spacial score (nSPS) is 23.4. The largest absolute Gasteiger partial charge is 0.479 e. The number of aliphatic hydroxyl groups is 1. The standard InChI is InChI=1S/C11H17NO5/c1-10(2)4-7(13)12(8(14)5-10)6-11(3,17)9(15)16/h17H,4-6H2,1-3H3,(H,15,16). The Balaban J connectivity index is 2.83. The van der Waals surface area contributed by atoms with Crippen molar-refractivity contribution in [2.75, 3.05) is 6.54 Å². The maximum atomic E-state index is 11.7. The average Bonchev–Trinajstić information content (AvgIpc) is 2.09. The van der Waals surface area contributed by atoms with Crippen molar-refractivity contribution in [2.45, 2.75) is 39.2 Å². The number of hydrogen-bond acceptors (Lipinski definition) is 4. The second kappa shape index (κ2) is 4.10. The molecular formula is C11H17NO5. The van der Waals surface area contributed by atoms with Crippen LogP contribution in [0.3, 0.4) is 0 Å². The van der Waals surface area contributed by atoms with Gasteiger partial charge in [-0.1, -0.05) is 13.8 Å². The van der Waals surface area contributed by atoms with E-state index in [1.807, 2.05) is 0 Å². The predicted octanol–water partition coefficient (Wildman–Crippen LogP) is -0.00280. The number of likely N-dealkylation sites (tertiary alicyclic amines) is 1. The van der Waals surface area contributed by atoms with Crippen LogP contribution < -0.4 is 0 Å². The van der Waals surface area contributed by atoms with E-state index < -0.39 is 35.3 Å². The Labute approximate surface area is 99.2 Å². The maximum absolute atomic E-state index is 11.7. The van der Waals surface area contributed by atoms with E-state index in [-0.39, 0.29) is 12.8 Å². The minimum absolute atomic E-state index is 0.175. The highest BCUT2D eigenvalue weighted by atomic mass is 16.4. The summed E-state index contributed by atoms with van der Waals surface area (Å²) in [6, 6.07) is 0. The number of carbonyl (C=O) groups is 3. The highest BCUT2D eigenvalue weighted by Crippen LogP contribution is 2.32. The highest BCUT2D eigenvalue weighted by molar-refractivity contribution is 5.99. The summed E-state index contributed by atoms with van der Waals surface area (Å²) in [5, 5.41) is 18.3. The summed E-state index contributed by atoms with van der Waals surface area (Å²) in [7, 11) is 0. The number of hydrogen-bond donors (Lipinski definition) is 2. The lowest BCUT2D eigenvalue weighted by Crippen LogP contribution is -2.54. The van der Waals surface area contributed by atoms with Crippen molar-refractivity contribution in [3.63, 3.8) is 0 Å². The first-order valence-electron chi connectivity index (χ1n) is 5.34. The van der Waals surface area contributed by atoms with Crippen LogP contribution in [-0.2, 0) is 14.4 Å². The van der Waals surface area contributed by atoms with Gasteiger partial charge in [-0.25, -0.2) is 4.79 Å². The molecule has 0 aromatic rings. The highest BCUT2D eigenvalue weighted by Gasteiger charge is 2.42. The summed E-state index contributed by atoms with van der Waals surface area (Å²) >= 11 is 0. The van der Waals surface area contributed by atoms with Crippen LogP contribution in [-0.4, -0.2) is 45.0 Å².